The van der Waals surface area contributed by atoms with Gasteiger partial charge in [0.15, 0.2) is 0 Å². The number of rotatable bonds is 2. The van der Waals surface area contributed by atoms with Crippen molar-refractivity contribution in [2.24, 2.45) is 7.05 Å². The largest absolute Gasteiger partial charge is 0.376 e. The van der Waals surface area contributed by atoms with Gasteiger partial charge in [0.05, 0.1) is 17.9 Å². The van der Waals surface area contributed by atoms with Crippen LogP contribution < -0.4 is 10.9 Å². The van der Waals surface area contributed by atoms with Crippen molar-refractivity contribution in [3.8, 4) is 0 Å². The SMILES string of the molecule is Cn1ncc(NC2CCc3ccc(F)cc32)c(Cl)c1=O. The van der Waals surface area contributed by atoms with Crippen LogP contribution in [0.5, 0.6) is 0 Å². The number of anilines is 1. The Bertz CT molecular complexity index is 729. The fourth-order valence-electron chi connectivity index (χ4n) is 2.52. The fourth-order valence-corrected chi connectivity index (χ4v) is 2.75. The average molecular weight is 294 g/mol. The van der Waals surface area contributed by atoms with E-state index in [1.807, 2.05) is 0 Å². The van der Waals surface area contributed by atoms with Crippen LogP contribution in [0.4, 0.5) is 10.1 Å². The summed E-state index contributed by atoms with van der Waals surface area (Å²) < 4.78 is 14.5. The quantitative estimate of drug-likeness (QED) is 0.926. The molecule has 1 aliphatic rings. The van der Waals surface area contributed by atoms with E-state index in [2.05, 4.69) is 10.4 Å². The lowest BCUT2D eigenvalue weighted by Gasteiger charge is -2.16. The van der Waals surface area contributed by atoms with Crippen LogP contribution >= 0.6 is 11.6 Å². The molecule has 1 atom stereocenters. The highest BCUT2D eigenvalue weighted by molar-refractivity contribution is 6.32. The summed E-state index contributed by atoms with van der Waals surface area (Å²) in [5.74, 6) is -0.259. The molecule has 2 aromatic rings. The number of nitrogens with one attached hydrogen (secondary N) is 1. The monoisotopic (exact) mass is 293 g/mol. The summed E-state index contributed by atoms with van der Waals surface area (Å²) in [6, 6.07) is 4.75. The number of benzene rings is 1. The number of hydrogen-bond acceptors (Lipinski definition) is 3. The molecule has 4 nitrogen and oxygen atoms in total. The van der Waals surface area contributed by atoms with Gasteiger partial charge in [-0.25, -0.2) is 9.07 Å². The van der Waals surface area contributed by atoms with Gasteiger partial charge < -0.3 is 5.32 Å². The van der Waals surface area contributed by atoms with Gasteiger partial charge in [-0.1, -0.05) is 17.7 Å². The molecule has 1 heterocycles. The van der Waals surface area contributed by atoms with Gasteiger partial charge in [0.25, 0.3) is 5.56 Å². The maximum absolute atomic E-state index is 13.4. The molecular formula is C14H13ClFN3O. The number of aromatic nitrogens is 2. The molecule has 0 saturated heterocycles. The molecule has 1 aliphatic carbocycles. The predicted octanol–water partition coefficient (Wildman–Crippen LogP) is 2.67. The third kappa shape index (κ3) is 2.18. The van der Waals surface area contributed by atoms with E-state index in [1.165, 1.54) is 30.1 Å². The second-order valence-electron chi connectivity index (χ2n) is 4.88. The van der Waals surface area contributed by atoms with Crippen molar-refractivity contribution in [3.63, 3.8) is 0 Å². The first-order valence-corrected chi connectivity index (χ1v) is 6.70. The van der Waals surface area contributed by atoms with Gasteiger partial charge in [-0.15, -0.1) is 0 Å². The van der Waals surface area contributed by atoms with E-state index in [1.54, 1.807) is 6.07 Å². The van der Waals surface area contributed by atoms with Crippen molar-refractivity contribution in [1.29, 1.82) is 0 Å². The van der Waals surface area contributed by atoms with Crippen molar-refractivity contribution < 1.29 is 4.39 Å². The minimum absolute atomic E-state index is 0.0490. The van der Waals surface area contributed by atoms with E-state index in [9.17, 15) is 9.18 Å². The first kappa shape index (κ1) is 13.1. The molecule has 1 unspecified atom stereocenters. The second-order valence-corrected chi connectivity index (χ2v) is 5.26. The summed E-state index contributed by atoms with van der Waals surface area (Å²) >= 11 is 6.03. The van der Waals surface area contributed by atoms with Crippen LogP contribution in [0.25, 0.3) is 0 Å². The summed E-state index contributed by atoms with van der Waals surface area (Å²) in [4.78, 5) is 11.7. The summed E-state index contributed by atoms with van der Waals surface area (Å²) in [5, 5.41) is 7.23. The maximum atomic E-state index is 13.4. The molecule has 1 aromatic carbocycles. The van der Waals surface area contributed by atoms with Crippen LogP contribution in [0.2, 0.25) is 5.02 Å². The van der Waals surface area contributed by atoms with Crippen molar-refractivity contribution >= 4 is 17.3 Å². The van der Waals surface area contributed by atoms with E-state index in [0.29, 0.717) is 5.69 Å². The summed E-state index contributed by atoms with van der Waals surface area (Å²) in [7, 11) is 1.54. The molecule has 0 bridgehead atoms. The normalized spacial score (nSPS) is 17.1. The highest BCUT2D eigenvalue weighted by Gasteiger charge is 2.24. The molecule has 0 amide bonds. The van der Waals surface area contributed by atoms with E-state index >= 15 is 0 Å². The van der Waals surface area contributed by atoms with Crippen LogP contribution in [0.3, 0.4) is 0 Å². The maximum Gasteiger partial charge on any atom is 0.287 e. The van der Waals surface area contributed by atoms with Gasteiger partial charge >= 0.3 is 0 Å². The molecular weight excluding hydrogens is 281 g/mol. The summed E-state index contributed by atoms with van der Waals surface area (Å²) in [6.07, 6.45) is 3.23. The zero-order valence-corrected chi connectivity index (χ0v) is 11.6. The molecule has 0 fully saturated rings. The smallest absolute Gasteiger partial charge is 0.287 e. The topological polar surface area (TPSA) is 46.9 Å². The van der Waals surface area contributed by atoms with Crippen molar-refractivity contribution in [2.75, 3.05) is 5.32 Å². The number of aryl methyl sites for hydroxylation is 2. The molecule has 1 aromatic heterocycles. The first-order valence-electron chi connectivity index (χ1n) is 6.33. The number of nitrogens with zero attached hydrogens (tertiary/aromatic N) is 2. The Hall–Kier alpha value is -1.88. The predicted molar refractivity (Wildman–Crippen MR) is 75.6 cm³/mol. The molecule has 0 spiro atoms. The summed E-state index contributed by atoms with van der Waals surface area (Å²) in [5.41, 5.74) is 2.17. The van der Waals surface area contributed by atoms with Crippen LogP contribution in [-0.4, -0.2) is 9.78 Å². The molecule has 0 aliphatic heterocycles. The zero-order chi connectivity index (χ0) is 14.3. The Balaban J connectivity index is 1.93. The van der Waals surface area contributed by atoms with Crippen LogP contribution in [0.15, 0.2) is 29.2 Å². The van der Waals surface area contributed by atoms with E-state index in [0.717, 1.165) is 24.0 Å². The van der Waals surface area contributed by atoms with Gasteiger partial charge in [-0.3, -0.25) is 4.79 Å². The van der Waals surface area contributed by atoms with E-state index < -0.39 is 0 Å². The number of fused-ring (bicyclic) bond motifs is 1. The Morgan fingerprint density at radius 3 is 3.10 bits per heavy atom. The Kier molecular flexibility index (Phi) is 3.22. The fraction of sp³-hybridized carbons (Fsp3) is 0.286. The highest BCUT2D eigenvalue weighted by atomic mass is 35.5. The van der Waals surface area contributed by atoms with Crippen LogP contribution in [0.1, 0.15) is 23.6 Å². The van der Waals surface area contributed by atoms with E-state index in [-0.39, 0.29) is 22.4 Å². The zero-order valence-electron chi connectivity index (χ0n) is 10.9. The highest BCUT2D eigenvalue weighted by Crippen LogP contribution is 2.35. The van der Waals surface area contributed by atoms with Crippen LogP contribution in [-0.2, 0) is 13.5 Å². The third-order valence-electron chi connectivity index (χ3n) is 3.59. The molecule has 0 saturated carbocycles. The number of halogens is 2. The average Bonchev–Trinajstić information content (AvgIpc) is 2.82. The Labute approximate surface area is 120 Å². The minimum atomic E-state index is -0.353. The molecule has 20 heavy (non-hydrogen) atoms. The molecule has 3 rings (SSSR count). The van der Waals surface area contributed by atoms with Gasteiger partial charge in [-0.05, 0) is 36.1 Å². The van der Waals surface area contributed by atoms with Crippen molar-refractivity contribution in [2.45, 2.75) is 18.9 Å². The second kappa shape index (κ2) is 4.90. The third-order valence-corrected chi connectivity index (χ3v) is 3.96. The summed E-state index contributed by atoms with van der Waals surface area (Å²) in [6.45, 7) is 0. The number of hydrogen-bond donors (Lipinski definition) is 1. The first-order chi connectivity index (χ1) is 9.56. The van der Waals surface area contributed by atoms with E-state index in [4.69, 9.17) is 11.6 Å². The van der Waals surface area contributed by atoms with Gasteiger partial charge in [0, 0.05) is 7.05 Å². The lowest BCUT2D eigenvalue weighted by molar-refractivity contribution is 0.624. The lowest BCUT2D eigenvalue weighted by Crippen LogP contribution is -2.21. The molecule has 1 N–H and O–H groups in total. The van der Waals surface area contributed by atoms with Crippen LogP contribution in [0, 0.1) is 5.82 Å². The lowest BCUT2D eigenvalue weighted by atomic mass is 10.1. The van der Waals surface area contributed by atoms with Gasteiger partial charge in [-0.2, -0.15) is 5.10 Å². The Morgan fingerprint density at radius 1 is 1.50 bits per heavy atom. The standard InChI is InChI=1S/C14H13ClFN3O/c1-19-14(20)13(15)12(7-17-19)18-11-5-3-8-2-4-9(16)6-10(8)11/h2,4,6-7,11,18H,3,5H2,1H3. The van der Waals surface area contributed by atoms with Gasteiger partial charge in [0.2, 0.25) is 0 Å². The van der Waals surface area contributed by atoms with Crippen molar-refractivity contribution in [3.05, 3.63) is 56.7 Å². The Morgan fingerprint density at radius 2 is 2.30 bits per heavy atom. The molecule has 6 heteroatoms. The molecule has 104 valence electrons. The van der Waals surface area contributed by atoms with Crippen molar-refractivity contribution in [1.82, 2.24) is 9.78 Å². The van der Waals surface area contributed by atoms with Gasteiger partial charge in [0.1, 0.15) is 10.8 Å². The molecule has 0 radical (unpaired) electrons. The minimum Gasteiger partial charge on any atom is -0.376 e.